The first-order valence-electron chi connectivity index (χ1n) is 27.4. The van der Waals surface area contributed by atoms with E-state index in [4.69, 9.17) is 0 Å². The van der Waals surface area contributed by atoms with Gasteiger partial charge in [-0.2, -0.15) is 0 Å². The van der Waals surface area contributed by atoms with Crippen molar-refractivity contribution in [3.05, 3.63) is 251 Å². The van der Waals surface area contributed by atoms with Gasteiger partial charge in [-0.25, -0.2) is 0 Å². The molecular formula is C72H100. The van der Waals surface area contributed by atoms with Crippen LogP contribution < -0.4 is 0 Å². The molecule has 388 valence electrons. The summed E-state index contributed by atoms with van der Waals surface area (Å²) < 4.78 is 0. The maximum atomic E-state index is 3.97. The van der Waals surface area contributed by atoms with E-state index < -0.39 is 0 Å². The number of hydrogen-bond acceptors (Lipinski definition) is 0. The third kappa shape index (κ3) is 25.7. The van der Waals surface area contributed by atoms with Gasteiger partial charge in [-0.05, 0) is 138 Å². The second-order valence-corrected chi connectivity index (χ2v) is 16.7. The first kappa shape index (κ1) is 67.8. The maximum absolute atomic E-state index is 3.97. The van der Waals surface area contributed by atoms with Gasteiger partial charge in [-0.15, -0.1) is 6.58 Å². The maximum Gasteiger partial charge on any atom is -0.00911 e. The van der Waals surface area contributed by atoms with Crippen LogP contribution in [0.1, 0.15) is 167 Å². The largest absolute Gasteiger partial charge is 0.103 e. The lowest BCUT2D eigenvalue weighted by atomic mass is 9.86. The van der Waals surface area contributed by atoms with Crippen LogP contribution in [0.25, 0.3) is 33.4 Å². The Labute approximate surface area is 445 Å². The summed E-state index contributed by atoms with van der Waals surface area (Å²) in [6.07, 6.45) is 11.9. The van der Waals surface area contributed by atoms with E-state index >= 15 is 0 Å². The monoisotopic (exact) mass is 965 g/mol. The van der Waals surface area contributed by atoms with Gasteiger partial charge < -0.3 is 0 Å². The summed E-state index contributed by atoms with van der Waals surface area (Å²) in [4.78, 5) is 0. The minimum Gasteiger partial charge on any atom is -0.103 e. The lowest BCUT2D eigenvalue weighted by Crippen LogP contribution is -1.97. The Hall–Kier alpha value is -6.24. The molecule has 0 bridgehead atoms. The van der Waals surface area contributed by atoms with E-state index in [0.717, 1.165) is 6.42 Å². The molecule has 0 aliphatic heterocycles. The molecule has 0 heterocycles. The highest BCUT2D eigenvalue weighted by atomic mass is 14.2. The van der Waals surface area contributed by atoms with Crippen LogP contribution in [-0.4, -0.2) is 0 Å². The fraction of sp³-hybridized carbons (Fsp3) is 0.333. The van der Waals surface area contributed by atoms with E-state index in [2.05, 4.69) is 221 Å². The summed E-state index contributed by atoms with van der Waals surface area (Å²) in [5.41, 5.74) is 19.0. The van der Waals surface area contributed by atoms with Crippen LogP contribution in [0.4, 0.5) is 0 Å². The molecule has 1 aliphatic rings. The summed E-state index contributed by atoms with van der Waals surface area (Å²) in [5, 5.41) is 0. The predicted octanol–water partition coefficient (Wildman–Crippen LogP) is 23.4. The summed E-state index contributed by atoms with van der Waals surface area (Å²) in [6, 6.07) is 61.6. The van der Waals surface area contributed by atoms with Crippen molar-refractivity contribution >= 4 is 0 Å². The fourth-order valence-electron chi connectivity index (χ4n) is 7.48. The van der Waals surface area contributed by atoms with Crippen molar-refractivity contribution in [2.45, 2.75) is 163 Å². The Balaban J connectivity index is 0. The van der Waals surface area contributed by atoms with Gasteiger partial charge in [0, 0.05) is 0 Å². The molecule has 0 aromatic heterocycles. The van der Waals surface area contributed by atoms with Crippen LogP contribution in [0.5, 0.6) is 0 Å². The Morgan fingerprint density at radius 2 is 0.861 bits per heavy atom. The Morgan fingerprint density at radius 1 is 0.431 bits per heavy atom. The van der Waals surface area contributed by atoms with Crippen molar-refractivity contribution in [3.63, 3.8) is 0 Å². The molecule has 1 aliphatic carbocycles. The van der Waals surface area contributed by atoms with Crippen LogP contribution in [0.3, 0.4) is 0 Å². The first-order chi connectivity index (χ1) is 35.0. The molecule has 0 spiro atoms. The van der Waals surface area contributed by atoms with Crippen molar-refractivity contribution in [2.24, 2.45) is 0 Å². The quantitative estimate of drug-likeness (QED) is 0.140. The highest BCUT2D eigenvalue weighted by Crippen LogP contribution is 2.36. The van der Waals surface area contributed by atoms with E-state index in [9.17, 15) is 0 Å². The standard InChI is InChI=1S/C24H24.C16H18.C9H12.C7H10.C6H6.5C2H6/c1-5-10-22-19(4)23(20-13-8-6-11-17(20)2)15-16-24(22)21-14-9-7-12-18(21)3;1-12(2)16-11-15(10-9-13(16)3)14-7-5-4-6-8-14;1-8(2)9-6-4-3-5-7-9;1-7-5-3-2-4-6-7;1-2-4-6-5-3-1;5*1-2/h5-9,11-16H,1,10H2,2-4H3;4-12H,1-3H3;3-8H,1-2H3;2-3,5H,4,6H2,1H3;1-6H;5*1-2H3. The average molecular weight is 966 g/mol. The Kier molecular flexibility index (Phi) is 41.0. The number of hydrogen-bond donors (Lipinski definition) is 0. The molecule has 72 heavy (non-hydrogen) atoms. The van der Waals surface area contributed by atoms with Crippen molar-refractivity contribution in [2.75, 3.05) is 0 Å². The molecule has 7 aromatic carbocycles. The molecule has 0 N–H and O–H groups in total. The van der Waals surface area contributed by atoms with E-state index in [1.165, 1.54) is 90.7 Å². The zero-order valence-electron chi connectivity index (χ0n) is 49.0. The predicted molar refractivity (Wildman–Crippen MR) is 332 cm³/mol. The van der Waals surface area contributed by atoms with Crippen LogP contribution in [0.2, 0.25) is 0 Å². The van der Waals surface area contributed by atoms with Gasteiger partial charge in [0.15, 0.2) is 0 Å². The van der Waals surface area contributed by atoms with Crippen LogP contribution in [-0.2, 0) is 6.42 Å². The molecule has 0 amide bonds. The van der Waals surface area contributed by atoms with E-state index in [0.29, 0.717) is 11.8 Å². The topological polar surface area (TPSA) is 0 Å². The fourth-order valence-corrected chi connectivity index (χ4v) is 7.48. The second kappa shape index (κ2) is 43.5. The van der Waals surface area contributed by atoms with Gasteiger partial charge in [0.2, 0.25) is 0 Å². The minimum absolute atomic E-state index is 0.587. The molecule has 0 nitrogen and oxygen atoms in total. The lowest BCUT2D eigenvalue weighted by Gasteiger charge is -2.18. The van der Waals surface area contributed by atoms with Gasteiger partial charge in [-0.1, -0.05) is 303 Å². The normalized spacial score (nSPS) is 10.2. The molecule has 0 saturated carbocycles. The summed E-state index contributed by atoms with van der Waals surface area (Å²) in [6.45, 7) is 43.8. The number of benzene rings is 7. The van der Waals surface area contributed by atoms with Crippen molar-refractivity contribution in [3.8, 4) is 33.4 Å². The molecular weight excluding hydrogens is 865 g/mol. The first-order valence-corrected chi connectivity index (χ1v) is 27.4. The highest BCUT2D eigenvalue weighted by Gasteiger charge is 2.14. The summed E-state index contributed by atoms with van der Waals surface area (Å²) in [7, 11) is 0. The molecule has 0 unspecified atom stereocenters. The lowest BCUT2D eigenvalue weighted by molar-refractivity contribution is 0.857. The number of aryl methyl sites for hydroxylation is 3. The molecule has 8 rings (SSSR count). The molecule has 0 fully saturated rings. The van der Waals surface area contributed by atoms with Crippen molar-refractivity contribution < 1.29 is 0 Å². The Morgan fingerprint density at radius 3 is 1.25 bits per heavy atom. The Bertz CT molecular complexity index is 2400. The molecule has 0 atom stereocenters. The van der Waals surface area contributed by atoms with Gasteiger partial charge in [0.05, 0.1) is 0 Å². The van der Waals surface area contributed by atoms with Crippen molar-refractivity contribution in [1.29, 1.82) is 0 Å². The molecule has 0 heteroatoms. The van der Waals surface area contributed by atoms with Gasteiger partial charge in [-0.3, -0.25) is 0 Å². The van der Waals surface area contributed by atoms with E-state index in [1.807, 2.05) is 118 Å². The second-order valence-electron chi connectivity index (χ2n) is 16.7. The zero-order chi connectivity index (χ0) is 54.7. The third-order valence-electron chi connectivity index (χ3n) is 11.2. The van der Waals surface area contributed by atoms with Crippen LogP contribution in [0, 0.1) is 27.7 Å². The van der Waals surface area contributed by atoms with E-state index in [1.54, 1.807) is 0 Å². The van der Waals surface area contributed by atoms with Crippen molar-refractivity contribution in [1.82, 2.24) is 0 Å². The van der Waals surface area contributed by atoms with Crippen LogP contribution in [0.15, 0.2) is 212 Å². The number of allylic oxidation sites excluding steroid dienone is 5. The summed E-state index contributed by atoms with van der Waals surface area (Å²) >= 11 is 0. The van der Waals surface area contributed by atoms with Gasteiger partial charge in [0.25, 0.3) is 0 Å². The smallest absolute Gasteiger partial charge is 0.00911 e. The highest BCUT2D eigenvalue weighted by molar-refractivity contribution is 5.80. The van der Waals surface area contributed by atoms with Gasteiger partial charge >= 0.3 is 0 Å². The van der Waals surface area contributed by atoms with E-state index in [-0.39, 0.29) is 0 Å². The average Bonchev–Trinajstić information content (AvgIpc) is 3.44. The molecule has 7 aromatic rings. The third-order valence-corrected chi connectivity index (χ3v) is 11.2. The van der Waals surface area contributed by atoms with Gasteiger partial charge in [0.1, 0.15) is 0 Å². The zero-order valence-corrected chi connectivity index (χ0v) is 49.0. The van der Waals surface area contributed by atoms with Crippen LogP contribution >= 0.6 is 0 Å². The number of rotatable bonds is 7. The SMILES string of the molecule is C=CCc1c(-c2ccccc2C)ccc(-c2ccccc2C)c1C.CC.CC.CC.CC.CC.CC(C)c1ccccc1.CC1=CC=CCC1.Cc1ccc(-c2ccccc2)cc1C(C)C.c1ccccc1. The minimum atomic E-state index is 0.587. The molecule has 0 saturated heterocycles. The summed E-state index contributed by atoms with van der Waals surface area (Å²) in [5.74, 6) is 1.25. The molecule has 0 radical (unpaired) electrons.